The van der Waals surface area contributed by atoms with Crippen LogP contribution in [0.15, 0.2) is 6.20 Å². The molecule has 0 saturated carbocycles. The lowest BCUT2D eigenvalue weighted by molar-refractivity contribution is 0.112. The van der Waals surface area contributed by atoms with E-state index in [-0.39, 0.29) is 18.2 Å². The van der Waals surface area contributed by atoms with Gasteiger partial charge in [-0.05, 0) is 0 Å². The molecule has 0 aliphatic carbocycles. The molecule has 1 heterocycles. The average molecular weight is 274 g/mol. The molecule has 0 fully saturated rings. The Labute approximate surface area is 107 Å². The van der Waals surface area contributed by atoms with Crippen LogP contribution in [-0.2, 0) is 21.1 Å². The molecule has 1 aromatic rings. The highest BCUT2D eigenvalue weighted by atomic mass is 32.2. The Balaban J connectivity index is 2.87. The number of aromatic nitrogens is 2. The van der Waals surface area contributed by atoms with Gasteiger partial charge in [0.2, 0.25) is 0 Å². The minimum absolute atomic E-state index is 0.00492. The van der Waals surface area contributed by atoms with E-state index in [1.54, 1.807) is 13.3 Å². The summed E-state index contributed by atoms with van der Waals surface area (Å²) in [5.74, 6) is 0.000113. The van der Waals surface area contributed by atoms with Gasteiger partial charge in [0, 0.05) is 25.5 Å². The highest BCUT2D eigenvalue weighted by Crippen LogP contribution is 2.17. The summed E-state index contributed by atoms with van der Waals surface area (Å²) in [5.41, 5.74) is 1.12. The van der Waals surface area contributed by atoms with Crippen LogP contribution in [0.4, 0.5) is 0 Å². The van der Waals surface area contributed by atoms with Crippen molar-refractivity contribution < 1.29 is 17.9 Å². The maximum atomic E-state index is 11.1. The molecule has 0 aliphatic heterocycles. The van der Waals surface area contributed by atoms with Crippen LogP contribution in [0.25, 0.3) is 0 Å². The number of rotatable bonds is 7. The molecule has 0 spiro atoms. The first-order valence-electron chi connectivity index (χ1n) is 5.56. The zero-order valence-corrected chi connectivity index (χ0v) is 11.6. The number of carbonyl (C=O) groups is 1. The normalized spacial score (nSPS) is 13.5. The highest BCUT2D eigenvalue weighted by molar-refractivity contribution is 7.90. The molecule has 1 atom stereocenters. The van der Waals surface area contributed by atoms with Crippen molar-refractivity contribution in [2.75, 3.05) is 25.7 Å². The first kappa shape index (κ1) is 14.8. The summed E-state index contributed by atoms with van der Waals surface area (Å²) in [6.07, 6.45) is 3.47. The fourth-order valence-corrected chi connectivity index (χ4v) is 2.15. The number of hydrogen-bond donors (Lipinski definition) is 0. The van der Waals surface area contributed by atoms with Gasteiger partial charge in [-0.25, -0.2) is 8.42 Å². The summed E-state index contributed by atoms with van der Waals surface area (Å²) in [5, 5.41) is 4.24. The Morgan fingerprint density at radius 2 is 2.22 bits per heavy atom. The zero-order chi connectivity index (χ0) is 13.8. The largest absolute Gasteiger partial charge is 0.384 e. The molecule has 6 nitrogen and oxygen atoms in total. The summed E-state index contributed by atoms with van der Waals surface area (Å²) in [4.78, 5) is 10.9. The van der Waals surface area contributed by atoms with E-state index in [0.717, 1.165) is 6.29 Å². The topological polar surface area (TPSA) is 78.3 Å². The van der Waals surface area contributed by atoms with E-state index in [1.165, 1.54) is 10.9 Å². The molecule has 0 aliphatic rings. The summed E-state index contributed by atoms with van der Waals surface area (Å²) in [6, 6.07) is 0. The second-order valence-electron chi connectivity index (χ2n) is 4.34. The molecule has 1 unspecified atom stereocenters. The molecule has 0 saturated heterocycles. The summed E-state index contributed by atoms with van der Waals surface area (Å²) >= 11 is 0. The predicted octanol–water partition coefficient (Wildman–Crippen LogP) is 0.490. The third kappa shape index (κ3) is 4.23. The predicted molar refractivity (Wildman–Crippen MR) is 67.6 cm³/mol. The third-order valence-electron chi connectivity index (χ3n) is 2.52. The maximum Gasteiger partial charge on any atom is 0.153 e. The Morgan fingerprint density at radius 3 is 2.72 bits per heavy atom. The Bertz CT molecular complexity index is 507. The van der Waals surface area contributed by atoms with Gasteiger partial charge in [0.15, 0.2) is 6.29 Å². The van der Waals surface area contributed by atoms with Gasteiger partial charge in [-0.15, -0.1) is 0 Å². The zero-order valence-electron chi connectivity index (χ0n) is 10.8. The van der Waals surface area contributed by atoms with Crippen LogP contribution in [0.1, 0.15) is 28.9 Å². The second kappa shape index (κ2) is 6.10. The van der Waals surface area contributed by atoms with E-state index < -0.39 is 9.84 Å². The van der Waals surface area contributed by atoms with Crippen LogP contribution in [-0.4, -0.2) is 50.2 Å². The van der Waals surface area contributed by atoms with Crippen molar-refractivity contribution in [1.82, 2.24) is 9.78 Å². The molecule has 0 aromatic carbocycles. The van der Waals surface area contributed by atoms with Crippen LogP contribution in [0.2, 0.25) is 0 Å². The molecular weight excluding hydrogens is 256 g/mol. The van der Waals surface area contributed by atoms with E-state index in [4.69, 9.17) is 4.74 Å². The van der Waals surface area contributed by atoms with E-state index in [9.17, 15) is 13.2 Å². The van der Waals surface area contributed by atoms with Gasteiger partial charge in [-0.2, -0.15) is 5.10 Å². The number of hydrogen-bond acceptors (Lipinski definition) is 5. The van der Waals surface area contributed by atoms with E-state index in [0.29, 0.717) is 17.9 Å². The smallest absolute Gasteiger partial charge is 0.153 e. The van der Waals surface area contributed by atoms with Crippen LogP contribution in [0.5, 0.6) is 0 Å². The van der Waals surface area contributed by atoms with Crippen molar-refractivity contribution in [1.29, 1.82) is 0 Å². The molecule has 0 N–H and O–H groups in total. The van der Waals surface area contributed by atoms with Gasteiger partial charge in [0.05, 0.1) is 30.2 Å². The van der Waals surface area contributed by atoms with E-state index >= 15 is 0 Å². The molecule has 18 heavy (non-hydrogen) atoms. The van der Waals surface area contributed by atoms with Gasteiger partial charge >= 0.3 is 0 Å². The number of methoxy groups -OCH3 is 1. The minimum atomic E-state index is -3.04. The van der Waals surface area contributed by atoms with Crippen LogP contribution >= 0.6 is 0 Å². The van der Waals surface area contributed by atoms with Crippen molar-refractivity contribution >= 4 is 16.1 Å². The molecule has 1 rings (SSSR count). The fraction of sp³-hybridized carbons (Fsp3) is 0.636. The van der Waals surface area contributed by atoms with Gasteiger partial charge in [0.25, 0.3) is 0 Å². The third-order valence-corrected chi connectivity index (χ3v) is 3.45. The number of nitrogens with zero attached hydrogens (tertiary/aromatic N) is 2. The van der Waals surface area contributed by atoms with Crippen molar-refractivity contribution in [3.8, 4) is 0 Å². The van der Waals surface area contributed by atoms with Gasteiger partial charge in [-0.1, -0.05) is 6.92 Å². The summed E-state index contributed by atoms with van der Waals surface area (Å²) < 4.78 is 28.7. The van der Waals surface area contributed by atoms with Crippen molar-refractivity contribution in [2.45, 2.75) is 19.4 Å². The SMILES string of the molecule is COCC(C)c1nn(CCS(C)(=O)=O)cc1C=O. The van der Waals surface area contributed by atoms with Crippen LogP contribution < -0.4 is 0 Å². The number of aldehydes is 1. The first-order valence-corrected chi connectivity index (χ1v) is 7.62. The Morgan fingerprint density at radius 1 is 1.56 bits per heavy atom. The Kier molecular flexibility index (Phi) is 5.03. The first-order chi connectivity index (χ1) is 8.37. The van der Waals surface area contributed by atoms with Crippen molar-refractivity contribution in [3.63, 3.8) is 0 Å². The molecule has 0 amide bonds. The number of aryl methyl sites for hydroxylation is 1. The van der Waals surface area contributed by atoms with Gasteiger partial charge in [0.1, 0.15) is 9.84 Å². The maximum absolute atomic E-state index is 11.1. The number of carbonyl (C=O) groups excluding carboxylic acids is 1. The standard InChI is InChI=1S/C11H18N2O4S/c1-9(8-17-2)11-10(7-14)6-13(12-11)4-5-18(3,15)16/h6-7,9H,4-5,8H2,1-3H3. The van der Waals surface area contributed by atoms with E-state index in [2.05, 4.69) is 5.10 Å². The van der Waals surface area contributed by atoms with Crippen molar-refractivity contribution in [2.24, 2.45) is 0 Å². The summed E-state index contributed by atoms with van der Waals surface area (Å²) in [7, 11) is -1.46. The molecule has 0 radical (unpaired) electrons. The van der Waals surface area contributed by atoms with Crippen LogP contribution in [0, 0.1) is 0 Å². The molecule has 7 heteroatoms. The van der Waals surface area contributed by atoms with Crippen LogP contribution in [0.3, 0.4) is 0 Å². The molecular formula is C11H18N2O4S. The number of sulfone groups is 1. The van der Waals surface area contributed by atoms with Crippen molar-refractivity contribution in [3.05, 3.63) is 17.5 Å². The minimum Gasteiger partial charge on any atom is -0.384 e. The summed E-state index contributed by atoms with van der Waals surface area (Å²) in [6.45, 7) is 2.61. The molecule has 0 bridgehead atoms. The lowest BCUT2D eigenvalue weighted by Crippen LogP contribution is -2.12. The van der Waals surface area contributed by atoms with Gasteiger partial charge < -0.3 is 4.74 Å². The number of ether oxygens (including phenoxy) is 1. The lowest BCUT2D eigenvalue weighted by Gasteiger charge is -2.07. The molecule has 102 valence electrons. The van der Waals surface area contributed by atoms with E-state index in [1.807, 2.05) is 6.92 Å². The van der Waals surface area contributed by atoms with Gasteiger partial charge in [-0.3, -0.25) is 9.48 Å². The monoisotopic (exact) mass is 274 g/mol. The molecule has 1 aromatic heterocycles. The highest BCUT2D eigenvalue weighted by Gasteiger charge is 2.16. The lowest BCUT2D eigenvalue weighted by atomic mass is 10.1. The average Bonchev–Trinajstić information content (AvgIpc) is 2.69. The second-order valence-corrected chi connectivity index (χ2v) is 6.60. The Hall–Kier alpha value is -1.21. The quantitative estimate of drug-likeness (QED) is 0.676. The fourth-order valence-electron chi connectivity index (χ4n) is 1.63.